The van der Waals surface area contributed by atoms with Gasteiger partial charge in [0.05, 0.1) is 28.0 Å². The number of aromatic nitrogens is 5. The molecule has 9 nitrogen and oxygen atoms in total. The maximum atomic E-state index is 13.4. The summed E-state index contributed by atoms with van der Waals surface area (Å²) in [5.41, 5.74) is 2.83. The number of pyridine rings is 1. The lowest BCUT2D eigenvalue weighted by Gasteiger charge is -2.17. The van der Waals surface area contributed by atoms with Crippen molar-refractivity contribution in [2.45, 2.75) is 26.8 Å². The molecule has 0 spiro atoms. The summed E-state index contributed by atoms with van der Waals surface area (Å²) in [4.78, 5) is 30.6. The Morgan fingerprint density at radius 1 is 1.25 bits per heavy atom. The molecule has 3 N–H and O–H groups in total. The lowest BCUT2D eigenvalue weighted by atomic mass is 10.0. The van der Waals surface area contributed by atoms with Gasteiger partial charge in [0.2, 0.25) is 0 Å². The van der Waals surface area contributed by atoms with E-state index in [1.807, 2.05) is 26.8 Å². The molecule has 0 radical (unpaired) electrons. The second-order valence-corrected chi connectivity index (χ2v) is 8.16. The van der Waals surface area contributed by atoms with E-state index in [4.69, 9.17) is 11.6 Å². The molecule has 4 aromatic rings. The molecule has 3 aromatic heterocycles. The van der Waals surface area contributed by atoms with Crippen molar-refractivity contribution in [1.29, 1.82) is 0 Å². The largest absolute Gasteiger partial charge is 0.350 e. The van der Waals surface area contributed by atoms with Gasteiger partial charge in [0, 0.05) is 23.2 Å². The fourth-order valence-corrected chi connectivity index (χ4v) is 3.69. The van der Waals surface area contributed by atoms with Crippen LogP contribution in [-0.4, -0.2) is 50.7 Å². The summed E-state index contributed by atoms with van der Waals surface area (Å²) in [6.07, 6.45) is 3.21. The van der Waals surface area contributed by atoms with Gasteiger partial charge in [-0.3, -0.25) is 14.7 Å². The van der Waals surface area contributed by atoms with E-state index in [1.54, 1.807) is 38.4 Å². The van der Waals surface area contributed by atoms with Gasteiger partial charge in [-0.25, -0.2) is 9.67 Å². The molecule has 0 fully saturated rings. The topological polar surface area (TPSA) is 118 Å². The smallest absolute Gasteiger partial charge is 0.274 e. The lowest BCUT2D eigenvalue weighted by Crippen LogP contribution is -2.31. The monoisotopic (exact) mass is 449 g/mol. The molecule has 4 rings (SSSR count). The summed E-state index contributed by atoms with van der Waals surface area (Å²) >= 11 is 6.28. The third-order valence-electron chi connectivity index (χ3n) is 4.82. The first kappa shape index (κ1) is 21.6. The first-order valence-electron chi connectivity index (χ1n) is 10.0. The number of nitrogens with one attached hydrogen (secondary N) is 3. The van der Waals surface area contributed by atoms with Gasteiger partial charge >= 0.3 is 0 Å². The molecule has 32 heavy (non-hydrogen) atoms. The van der Waals surface area contributed by atoms with Crippen molar-refractivity contribution in [2.24, 2.45) is 0 Å². The van der Waals surface area contributed by atoms with Crippen LogP contribution in [0.25, 0.3) is 16.7 Å². The van der Waals surface area contributed by atoms with Crippen molar-refractivity contribution in [2.75, 3.05) is 5.32 Å². The van der Waals surface area contributed by atoms with Crippen LogP contribution in [0, 0.1) is 6.92 Å². The van der Waals surface area contributed by atoms with Crippen LogP contribution < -0.4 is 16.2 Å². The average Bonchev–Trinajstić information content (AvgIpc) is 3.34. The van der Waals surface area contributed by atoms with Gasteiger partial charge < -0.3 is 10.6 Å². The molecular formula is C21H21BClN7O2. The average molecular weight is 450 g/mol. The Morgan fingerprint density at radius 3 is 2.75 bits per heavy atom. The van der Waals surface area contributed by atoms with Crippen LogP contribution in [0.1, 0.15) is 40.3 Å². The fourth-order valence-electron chi connectivity index (χ4n) is 3.49. The molecule has 11 heteroatoms. The van der Waals surface area contributed by atoms with Crippen molar-refractivity contribution in [3.8, 4) is 5.82 Å². The van der Waals surface area contributed by atoms with E-state index in [0.29, 0.717) is 33.2 Å². The van der Waals surface area contributed by atoms with Crippen molar-refractivity contribution >= 4 is 53.4 Å². The number of anilines is 1. The summed E-state index contributed by atoms with van der Waals surface area (Å²) in [6, 6.07) is 6.79. The minimum Gasteiger partial charge on any atom is -0.350 e. The number of fused-ring (bicyclic) bond motifs is 1. The second kappa shape index (κ2) is 8.47. The molecule has 0 aliphatic rings. The third-order valence-corrected chi connectivity index (χ3v) is 5.12. The summed E-state index contributed by atoms with van der Waals surface area (Å²) in [5, 5.41) is 18.2. The van der Waals surface area contributed by atoms with Gasteiger partial charge in [-0.1, -0.05) is 11.6 Å². The molecule has 3 heterocycles. The summed E-state index contributed by atoms with van der Waals surface area (Å²) in [6.45, 7) is 5.56. The van der Waals surface area contributed by atoms with Crippen LogP contribution in [-0.2, 0) is 0 Å². The molecule has 0 unspecified atom stereocenters. The molecule has 162 valence electrons. The number of aromatic amines is 1. The summed E-state index contributed by atoms with van der Waals surface area (Å²) in [5.74, 6) is -0.426. The summed E-state index contributed by atoms with van der Waals surface area (Å²) < 4.78 is 1.39. The predicted octanol–water partition coefficient (Wildman–Crippen LogP) is 1.75. The van der Waals surface area contributed by atoms with Crippen LogP contribution in [0.15, 0.2) is 36.7 Å². The summed E-state index contributed by atoms with van der Waals surface area (Å²) in [7, 11) is 1.77. The van der Waals surface area contributed by atoms with Crippen LogP contribution >= 0.6 is 11.6 Å². The van der Waals surface area contributed by atoms with Crippen LogP contribution in [0.4, 0.5) is 5.69 Å². The molecular weight excluding hydrogens is 429 g/mol. The van der Waals surface area contributed by atoms with E-state index in [2.05, 4.69) is 30.9 Å². The zero-order chi connectivity index (χ0) is 23.0. The minimum atomic E-state index is -0.451. The number of benzene rings is 1. The van der Waals surface area contributed by atoms with Crippen molar-refractivity contribution in [3.63, 3.8) is 0 Å². The number of rotatable bonds is 5. The zero-order valence-electron chi connectivity index (χ0n) is 18.0. The zero-order valence-corrected chi connectivity index (χ0v) is 18.8. The number of aryl methyl sites for hydroxylation is 1. The van der Waals surface area contributed by atoms with Crippen LogP contribution in [0.5, 0.6) is 0 Å². The first-order chi connectivity index (χ1) is 15.3. The first-order valence-corrected chi connectivity index (χ1v) is 10.4. The molecule has 0 aliphatic heterocycles. The van der Waals surface area contributed by atoms with Gasteiger partial charge in [0.15, 0.2) is 13.7 Å². The normalized spacial score (nSPS) is 11.2. The van der Waals surface area contributed by atoms with E-state index in [-0.39, 0.29) is 17.6 Å². The number of carbonyl (C=O) groups is 2. The quantitative estimate of drug-likeness (QED) is 0.401. The van der Waals surface area contributed by atoms with Gasteiger partial charge in [-0.2, -0.15) is 10.2 Å². The highest BCUT2D eigenvalue weighted by Gasteiger charge is 2.24. The number of H-pyrrole nitrogens is 1. The Morgan fingerprint density at radius 2 is 2.03 bits per heavy atom. The highest BCUT2D eigenvalue weighted by atomic mass is 35.5. The Kier molecular flexibility index (Phi) is 5.71. The molecule has 0 atom stereocenters. The standard InChI is InChI=1S/C21H21BClN7O2/c1-10(2)26-21(32)16-17(11(3)7-12-9-25-28-18(12)16)27-20(31)14-8-15(22)29-30(14)19-13(23)5-4-6-24-19/h4-10H,22H2,1-3H3,(H,25,28)(H,26,32)(H,27,31). The molecule has 0 bridgehead atoms. The molecule has 0 aliphatic carbocycles. The number of nitrogens with zero attached hydrogens (tertiary/aromatic N) is 4. The Labute approximate surface area is 190 Å². The highest BCUT2D eigenvalue weighted by Crippen LogP contribution is 2.29. The van der Waals surface area contributed by atoms with Crippen molar-refractivity contribution in [3.05, 3.63) is 58.5 Å². The van der Waals surface area contributed by atoms with E-state index in [1.165, 1.54) is 4.68 Å². The second-order valence-electron chi connectivity index (χ2n) is 7.75. The van der Waals surface area contributed by atoms with E-state index in [0.717, 1.165) is 10.9 Å². The third kappa shape index (κ3) is 3.96. The SMILES string of the molecule is Bc1cc(C(=O)Nc2c(C)cc3cn[nH]c3c2C(=O)NC(C)C)n(-c2ncccc2Cl)n1. The number of carbonyl (C=O) groups excluding carboxylic acids is 2. The van der Waals surface area contributed by atoms with Crippen LogP contribution in [0.3, 0.4) is 0 Å². The predicted molar refractivity (Wildman–Crippen MR) is 126 cm³/mol. The number of halogens is 1. The van der Waals surface area contributed by atoms with Crippen molar-refractivity contribution < 1.29 is 9.59 Å². The van der Waals surface area contributed by atoms with Crippen molar-refractivity contribution in [1.82, 2.24) is 30.3 Å². The lowest BCUT2D eigenvalue weighted by molar-refractivity contribution is 0.0945. The maximum absolute atomic E-state index is 13.4. The molecule has 2 amide bonds. The Bertz CT molecular complexity index is 1350. The Balaban J connectivity index is 1.80. The highest BCUT2D eigenvalue weighted by molar-refractivity contribution is 6.32. The molecule has 0 saturated heterocycles. The number of amides is 2. The van der Waals surface area contributed by atoms with Crippen LogP contribution in [0.2, 0.25) is 5.02 Å². The molecule has 0 saturated carbocycles. The fraction of sp³-hybridized carbons (Fsp3) is 0.190. The minimum absolute atomic E-state index is 0.0834. The number of hydrogen-bond acceptors (Lipinski definition) is 5. The molecule has 1 aromatic carbocycles. The van der Waals surface area contributed by atoms with Gasteiger partial charge in [0.25, 0.3) is 11.8 Å². The number of hydrogen-bond donors (Lipinski definition) is 3. The van der Waals surface area contributed by atoms with Gasteiger partial charge in [-0.15, -0.1) is 0 Å². The van der Waals surface area contributed by atoms with Gasteiger partial charge in [0.1, 0.15) is 5.69 Å². The van der Waals surface area contributed by atoms with Gasteiger partial charge in [-0.05, 0) is 50.6 Å². The van der Waals surface area contributed by atoms with E-state index in [9.17, 15) is 9.59 Å². The van der Waals surface area contributed by atoms with E-state index >= 15 is 0 Å². The maximum Gasteiger partial charge on any atom is 0.274 e. The Hall–Kier alpha value is -3.66. The van der Waals surface area contributed by atoms with E-state index < -0.39 is 5.91 Å².